The Kier molecular flexibility index (Phi) is 6.60. The number of anilines is 1. The average molecular weight is 519 g/mol. The summed E-state index contributed by atoms with van der Waals surface area (Å²) in [5.41, 5.74) is -0.119. The zero-order valence-electron chi connectivity index (χ0n) is 18.1. The van der Waals surface area contributed by atoms with Gasteiger partial charge in [0.2, 0.25) is 5.91 Å². The summed E-state index contributed by atoms with van der Waals surface area (Å²) in [6.07, 6.45) is 0. The van der Waals surface area contributed by atoms with Crippen molar-refractivity contribution in [1.82, 2.24) is 4.31 Å². The molecule has 0 radical (unpaired) electrons. The van der Waals surface area contributed by atoms with Gasteiger partial charge in [0.15, 0.2) is 0 Å². The molecule has 0 spiro atoms. The van der Waals surface area contributed by atoms with Gasteiger partial charge in [-0.05, 0) is 35.9 Å². The summed E-state index contributed by atoms with van der Waals surface area (Å²) in [4.78, 5) is 25.5. The van der Waals surface area contributed by atoms with Crippen LogP contribution < -0.4 is 5.32 Å². The summed E-state index contributed by atoms with van der Waals surface area (Å²) in [5, 5.41) is 2.37. The number of hydrogen-bond donors (Lipinski definition) is 1. The van der Waals surface area contributed by atoms with Gasteiger partial charge < -0.3 is 10.1 Å². The van der Waals surface area contributed by atoms with Gasteiger partial charge in [0, 0.05) is 22.2 Å². The summed E-state index contributed by atoms with van der Waals surface area (Å²) >= 11 is 6.14. The predicted molar refractivity (Wildman–Crippen MR) is 125 cm³/mol. The number of fused-ring (bicyclic) bond motifs is 1. The number of rotatable bonds is 5. The number of carbonyl (C=O) groups excluding carboxylic acids is 2. The molecule has 11 heteroatoms. The molecule has 3 aromatic rings. The molecule has 0 saturated heterocycles. The fourth-order valence-electron chi connectivity index (χ4n) is 3.69. The lowest BCUT2D eigenvalue weighted by atomic mass is 9.95. The first kappa shape index (κ1) is 24.4. The number of carbonyl (C=O) groups is 2. The van der Waals surface area contributed by atoms with Crippen LogP contribution >= 0.6 is 11.6 Å². The lowest BCUT2D eigenvalue weighted by Gasteiger charge is -2.32. The number of nitrogens with zero attached hydrogens (tertiary/aromatic N) is 1. The standard InChI is InChI=1S/C24H17ClF2N2O5S/c1-34-24(31)23-22(14-5-3-2-4-6-14)17-11-15(25)7-10-20(17)35(32,33)29(23)13-21(30)28-19-12-16(26)8-9-18(19)27/h2-12H,13H2,1H3,(H,28,30). The van der Waals surface area contributed by atoms with E-state index in [4.69, 9.17) is 16.3 Å². The van der Waals surface area contributed by atoms with Crippen molar-refractivity contribution < 1.29 is 31.5 Å². The number of sulfonamides is 1. The molecule has 0 unspecified atom stereocenters. The van der Waals surface area contributed by atoms with E-state index in [1.54, 1.807) is 30.3 Å². The maximum absolute atomic E-state index is 14.0. The second-order valence-electron chi connectivity index (χ2n) is 7.41. The van der Waals surface area contributed by atoms with Crippen molar-refractivity contribution in [3.8, 4) is 0 Å². The minimum atomic E-state index is -4.46. The topological polar surface area (TPSA) is 92.8 Å². The monoisotopic (exact) mass is 518 g/mol. The summed E-state index contributed by atoms with van der Waals surface area (Å²) in [6, 6.07) is 14.9. The van der Waals surface area contributed by atoms with Gasteiger partial charge in [-0.1, -0.05) is 41.9 Å². The summed E-state index contributed by atoms with van der Waals surface area (Å²) in [7, 11) is -3.40. The Balaban J connectivity index is 1.89. The van der Waals surface area contributed by atoms with Crippen LogP contribution in [0, 0.1) is 11.6 Å². The first-order chi connectivity index (χ1) is 16.6. The fourth-order valence-corrected chi connectivity index (χ4v) is 5.47. The SMILES string of the molecule is COC(=O)C1=C(c2ccccc2)c2cc(Cl)ccc2S(=O)(=O)N1CC(=O)Nc1cc(F)ccc1F. The number of amides is 1. The van der Waals surface area contributed by atoms with Gasteiger partial charge in [-0.3, -0.25) is 4.79 Å². The van der Waals surface area contributed by atoms with Gasteiger partial charge in [-0.25, -0.2) is 26.3 Å². The summed E-state index contributed by atoms with van der Waals surface area (Å²) in [6.45, 7) is -0.916. The zero-order chi connectivity index (χ0) is 25.3. The first-order valence-corrected chi connectivity index (χ1v) is 11.9. The van der Waals surface area contributed by atoms with Crippen molar-refractivity contribution in [1.29, 1.82) is 0 Å². The van der Waals surface area contributed by atoms with Crippen LogP contribution in [-0.2, 0) is 24.3 Å². The molecule has 3 aromatic carbocycles. The van der Waals surface area contributed by atoms with E-state index in [-0.39, 0.29) is 21.1 Å². The molecular formula is C24H17ClF2N2O5S. The molecule has 1 N–H and O–H groups in total. The summed E-state index contributed by atoms with van der Waals surface area (Å²) < 4.78 is 60.1. The Morgan fingerprint density at radius 1 is 1.03 bits per heavy atom. The molecule has 0 fully saturated rings. The Morgan fingerprint density at radius 2 is 1.74 bits per heavy atom. The lowest BCUT2D eigenvalue weighted by Crippen LogP contribution is -2.43. The number of benzene rings is 3. The zero-order valence-corrected chi connectivity index (χ0v) is 19.7. The van der Waals surface area contributed by atoms with Gasteiger partial charge in [-0.2, -0.15) is 0 Å². The highest BCUT2D eigenvalue weighted by Crippen LogP contribution is 2.41. The average Bonchev–Trinajstić information content (AvgIpc) is 2.83. The second-order valence-corrected chi connectivity index (χ2v) is 9.67. The molecule has 7 nitrogen and oxygen atoms in total. The molecule has 0 aromatic heterocycles. The molecule has 4 rings (SSSR count). The number of hydrogen-bond acceptors (Lipinski definition) is 5. The van der Waals surface area contributed by atoms with Gasteiger partial charge in [-0.15, -0.1) is 0 Å². The normalized spacial score (nSPS) is 14.3. The second kappa shape index (κ2) is 9.47. The molecule has 0 saturated carbocycles. The van der Waals surface area contributed by atoms with Crippen LogP contribution in [0.5, 0.6) is 0 Å². The molecule has 1 heterocycles. The van der Waals surface area contributed by atoms with Crippen molar-refractivity contribution in [3.63, 3.8) is 0 Å². The van der Waals surface area contributed by atoms with Crippen LogP contribution in [0.3, 0.4) is 0 Å². The molecule has 1 amide bonds. The Hall–Kier alpha value is -3.76. The molecule has 0 bridgehead atoms. The van der Waals surface area contributed by atoms with Crippen molar-refractivity contribution in [2.45, 2.75) is 4.90 Å². The smallest absolute Gasteiger partial charge is 0.356 e. The van der Waals surface area contributed by atoms with E-state index in [0.717, 1.165) is 25.3 Å². The van der Waals surface area contributed by atoms with Crippen LogP contribution in [-0.4, -0.2) is 38.3 Å². The molecule has 180 valence electrons. The maximum Gasteiger partial charge on any atom is 0.356 e. The van der Waals surface area contributed by atoms with E-state index in [0.29, 0.717) is 9.87 Å². The van der Waals surface area contributed by atoms with Crippen molar-refractivity contribution in [2.75, 3.05) is 19.0 Å². The molecule has 1 aliphatic heterocycles. The fraction of sp³-hybridized carbons (Fsp3) is 0.0833. The quantitative estimate of drug-likeness (QED) is 0.511. The van der Waals surface area contributed by atoms with Crippen LogP contribution in [0.25, 0.3) is 5.57 Å². The van der Waals surface area contributed by atoms with Crippen molar-refractivity contribution in [2.24, 2.45) is 0 Å². The van der Waals surface area contributed by atoms with Crippen LogP contribution in [0.2, 0.25) is 5.02 Å². The number of halogens is 3. The predicted octanol–water partition coefficient (Wildman–Crippen LogP) is 4.19. The van der Waals surface area contributed by atoms with E-state index in [9.17, 15) is 26.8 Å². The Bertz CT molecular complexity index is 1480. The highest BCUT2D eigenvalue weighted by molar-refractivity contribution is 7.89. The third-order valence-electron chi connectivity index (χ3n) is 5.20. The minimum Gasteiger partial charge on any atom is -0.464 e. The van der Waals surface area contributed by atoms with Crippen molar-refractivity contribution in [3.05, 3.63) is 100 Å². The lowest BCUT2D eigenvalue weighted by molar-refractivity contribution is -0.137. The highest BCUT2D eigenvalue weighted by atomic mass is 35.5. The molecule has 0 atom stereocenters. The third-order valence-corrected chi connectivity index (χ3v) is 7.23. The van der Waals surface area contributed by atoms with Gasteiger partial charge in [0.05, 0.1) is 17.7 Å². The van der Waals surface area contributed by atoms with Crippen molar-refractivity contribution >= 4 is 44.8 Å². The van der Waals surface area contributed by atoms with Crippen LogP contribution in [0.1, 0.15) is 11.1 Å². The largest absolute Gasteiger partial charge is 0.464 e. The van der Waals surface area contributed by atoms with Gasteiger partial charge >= 0.3 is 5.97 Å². The van der Waals surface area contributed by atoms with E-state index < -0.39 is 51.5 Å². The van der Waals surface area contributed by atoms with E-state index in [2.05, 4.69) is 5.32 Å². The molecule has 1 aliphatic rings. The van der Waals surface area contributed by atoms with E-state index >= 15 is 0 Å². The molecule has 0 aliphatic carbocycles. The van der Waals surface area contributed by atoms with Gasteiger partial charge in [0.1, 0.15) is 23.9 Å². The van der Waals surface area contributed by atoms with E-state index in [1.165, 1.54) is 18.2 Å². The van der Waals surface area contributed by atoms with Gasteiger partial charge in [0.25, 0.3) is 10.0 Å². The Morgan fingerprint density at radius 3 is 2.43 bits per heavy atom. The minimum absolute atomic E-state index is 0.150. The van der Waals surface area contributed by atoms with Crippen LogP contribution in [0.15, 0.2) is 77.3 Å². The number of esters is 1. The third kappa shape index (κ3) is 4.62. The first-order valence-electron chi connectivity index (χ1n) is 10.1. The number of nitrogens with one attached hydrogen (secondary N) is 1. The molecular weight excluding hydrogens is 502 g/mol. The molecule has 35 heavy (non-hydrogen) atoms. The van der Waals surface area contributed by atoms with E-state index in [1.807, 2.05) is 0 Å². The summed E-state index contributed by atoms with van der Waals surface area (Å²) in [5.74, 6) is -3.76. The number of ether oxygens (including phenoxy) is 1. The van der Waals surface area contributed by atoms with Crippen LogP contribution in [0.4, 0.5) is 14.5 Å². The number of methoxy groups -OCH3 is 1. The maximum atomic E-state index is 14.0. The highest BCUT2D eigenvalue weighted by Gasteiger charge is 2.42. The Labute approximate surface area is 204 Å².